The van der Waals surface area contributed by atoms with Gasteiger partial charge >= 0.3 is 0 Å². The van der Waals surface area contributed by atoms with Crippen LogP contribution in [0.25, 0.3) is 5.69 Å². The lowest BCUT2D eigenvalue weighted by Crippen LogP contribution is -2.45. The normalized spacial score (nSPS) is 19.8. The van der Waals surface area contributed by atoms with Crippen molar-refractivity contribution >= 4 is 29.9 Å². The first-order chi connectivity index (χ1) is 12.2. The van der Waals surface area contributed by atoms with Crippen molar-refractivity contribution in [3.05, 3.63) is 48.3 Å². The molecule has 26 heavy (non-hydrogen) atoms. The van der Waals surface area contributed by atoms with Crippen LogP contribution in [0.1, 0.15) is 25.3 Å². The van der Waals surface area contributed by atoms with E-state index in [2.05, 4.69) is 33.8 Å². The van der Waals surface area contributed by atoms with Gasteiger partial charge in [-0.3, -0.25) is 4.99 Å². The van der Waals surface area contributed by atoms with E-state index in [9.17, 15) is 0 Å². The zero-order chi connectivity index (χ0) is 17.5. The molecule has 2 aromatic rings. The van der Waals surface area contributed by atoms with Crippen LogP contribution in [0.2, 0.25) is 0 Å². The lowest BCUT2D eigenvalue weighted by Gasteiger charge is -2.24. The topological polar surface area (TPSA) is 63.5 Å². The number of ether oxygens (including phenoxy) is 1. The zero-order valence-corrected chi connectivity index (χ0v) is 17.8. The van der Waals surface area contributed by atoms with Crippen LogP contribution in [0.5, 0.6) is 0 Å². The van der Waals surface area contributed by atoms with Gasteiger partial charge in [-0.05, 0) is 43.9 Å². The highest BCUT2D eigenvalue weighted by Crippen LogP contribution is 2.23. The number of aromatic nitrogens is 2. The van der Waals surface area contributed by atoms with E-state index in [1.54, 1.807) is 7.05 Å². The molecule has 3 rings (SSSR count). The summed E-state index contributed by atoms with van der Waals surface area (Å²) in [4.78, 5) is 4.28. The quantitative estimate of drug-likeness (QED) is 0.388. The lowest BCUT2D eigenvalue weighted by atomic mass is 10.0. The predicted molar refractivity (Wildman–Crippen MR) is 116 cm³/mol. The average molecular weight is 469 g/mol. The summed E-state index contributed by atoms with van der Waals surface area (Å²) in [5.74, 6) is 0.812. The Kier molecular flexibility index (Phi) is 7.89. The summed E-state index contributed by atoms with van der Waals surface area (Å²) in [5.41, 5.74) is 2.19. The zero-order valence-electron chi connectivity index (χ0n) is 15.4. The molecule has 1 aliphatic heterocycles. The Morgan fingerprint density at radius 2 is 2.12 bits per heavy atom. The van der Waals surface area contributed by atoms with Crippen LogP contribution < -0.4 is 10.6 Å². The van der Waals surface area contributed by atoms with Crippen molar-refractivity contribution in [3.63, 3.8) is 0 Å². The average Bonchev–Trinajstić information content (AvgIpc) is 3.28. The molecule has 0 saturated carbocycles. The summed E-state index contributed by atoms with van der Waals surface area (Å²) in [6.07, 6.45) is 7.10. The molecule has 1 aromatic carbocycles. The van der Waals surface area contributed by atoms with E-state index in [4.69, 9.17) is 4.74 Å². The van der Waals surface area contributed by atoms with Gasteiger partial charge in [-0.15, -0.1) is 24.0 Å². The van der Waals surface area contributed by atoms with Gasteiger partial charge in [0.1, 0.15) is 0 Å². The Balaban J connectivity index is 0.00000243. The van der Waals surface area contributed by atoms with Crippen molar-refractivity contribution in [3.8, 4) is 5.69 Å². The fourth-order valence-corrected chi connectivity index (χ4v) is 3.00. The highest BCUT2D eigenvalue weighted by Gasteiger charge is 2.29. The van der Waals surface area contributed by atoms with Crippen LogP contribution in [-0.2, 0) is 11.2 Å². The van der Waals surface area contributed by atoms with E-state index >= 15 is 0 Å². The summed E-state index contributed by atoms with van der Waals surface area (Å²) >= 11 is 0. The third-order valence-corrected chi connectivity index (χ3v) is 4.52. The number of hydrogen-bond donors (Lipinski definition) is 2. The fraction of sp³-hybridized carbons (Fsp3) is 0.474. The Bertz CT molecular complexity index is 695. The number of halogens is 1. The summed E-state index contributed by atoms with van der Waals surface area (Å²) in [5, 5.41) is 11.1. The highest BCUT2D eigenvalue weighted by molar-refractivity contribution is 14.0. The molecule has 0 bridgehead atoms. The maximum Gasteiger partial charge on any atom is 0.191 e. The smallest absolute Gasteiger partial charge is 0.191 e. The van der Waals surface area contributed by atoms with Gasteiger partial charge in [-0.1, -0.05) is 18.2 Å². The molecule has 1 saturated heterocycles. The fourth-order valence-electron chi connectivity index (χ4n) is 3.00. The lowest BCUT2D eigenvalue weighted by molar-refractivity contribution is 0.0243. The van der Waals surface area contributed by atoms with Crippen molar-refractivity contribution in [2.45, 2.75) is 31.8 Å². The molecule has 1 aliphatic rings. The molecule has 1 fully saturated rings. The Labute approximate surface area is 172 Å². The molecule has 7 heteroatoms. The number of rotatable bonds is 6. The molecule has 1 atom stereocenters. The van der Waals surface area contributed by atoms with Crippen LogP contribution in [0.3, 0.4) is 0 Å². The van der Waals surface area contributed by atoms with Crippen LogP contribution >= 0.6 is 24.0 Å². The standard InChI is InChI=1S/C19H27N5O.HI/c1-19(10-6-12-25-19)15-22-18(20-2)21-11-9-16-13-23-24(14-16)17-7-4-3-5-8-17;/h3-5,7-8,13-14H,6,9-12,15H2,1-2H3,(H2,20,21,22);1H. The Morgan fingerprint density at radius 1 is 1.31 bits per heavy atom. The first-order valence-electron chi connectivity index (χ1n) is 8.86. The maximum absolute atomic E-state index is 5.80. The van der Waals surface area contributed by atoms with Crippen LogP contribution in [0.4, 0.5) is 0 Å². The van der Waals surface area contributed by atoms with Gasteiger partial charge < -0.3 is 15.4 Å². The van der Waals surface area contributed by atoms with Gasteiger partial charge in [-0.2, -0.15) is 5.10 Å². The minimum absolute atomic E-state index is 0. The summed E-state index contributed by atoms with van der Waals surface area (Å²) in [6, 6.07) is 10.1. The predicted octanol–water partition coefficient (Wildman–Crippen LogP) is 2.77. The van der Waals surface area contributed by atoms with Crippen LogP contribution in [-0.4, -0.2) is 48.1 Å². The monoisotopic (exact) mass is 469 g/mol. The third kappa shape index (κ3) is 5.70. The molecule has 0 aliphatic carbocycles. The van der Waals surface area contributed by atoms with Crippen molar-refractivity contribution in [1.29, 1.82) is 0 Å². The second-order valence-electron chi connectivity index (χ2n) is 6.63. The number of nitrogens with one attached hydrogen (secondary N) is 2. The summed E-state index contributed by atoms with van der Waals surface area (Å²) in [6.45, 7) is 4.59. The molecule has 0 amide bonds. The molecule has 2 N–H and O–H groups in total. The second kappa shape index (κ2) is 9.91. The molecule has 2 heterocycles. The van der Waals surface area contributed by atoms with Crippen molar-refractivity contribution < 1.29 is 4.74 Å². The Morgan fingerprint density at radius 3 is 2.81 bits per heavy atom. The third-order valence-electron chi connectivity index (χ3n) is 4.52. The largest absolute Gasteiger partial charge is 0.373 e. The van der Waals surface area contributed by atoms with Gasteiger partial charge in [0.15, 0.2) is 5.96 Å². The molecule has 1 unspecified atom stereocenters. The van der Waals surface area contributed by atoms with Crippen molar-refractivity contribution in [2.75, 3.05) is 26.7 Å². The highest BCUT2D eigenvalue weighted by atomic mass is 127. The van der Waals surface area contributed by atoms with Gasteiger partial charge in [0, 0.05) is 32.9 Å². The number of hydrogen-bond acceptors (Lipinski definition) is 3. The number of benzene rings is 1. The van der Waals surface area contributed by atoms with E-state index in [1.807, 2.05) is 41.2 Å². The Hall–Kier alpha value is -1.61. The maximum atomic E-state index is 5.80. The SMILES string of the molecule is CN=C(NCCc1cnn(-c2ccccc2)c1)NCC1(C)CCCO1.I. The molecule has 142 valence electrons. The van der Waals surface area contributed by atoms with Gasteiger partial charge in [0.05, 0.1) is 17.5 Å². The van der Waals surface area contributed by atoms with Crippen molar-refractivity contribution in [1.82, 2.24) is 20.4 Å². The molecule has 1 aromatic heterocycles. The molecule has 0 spiro atoms. The minimum atomic E-state index is -0.0750. The second-order valence-corrected chi connectivity index (χ2v) is 6.63. The van der Waals surface area contributed by atoms with E-state index < -0.39 is 0 Å². The van der Waals surface area contributed by atoms with Crippen LogP contribution in [0, 0.1) is 0 Å². The van der Waals surface area contributed by atoms with Crippen LogP contribution in [0.15, 0.2) is 47.7 Å². The van der Waals surface area contributed by atoms with E-state index in [1.165, 1.54) is 5.56 Å². The van der Waals surface area contributed by atoms with Crippen molar-refractivity contribution in [2.24, 2.45) is 4.99 Å². The minimum Gasteiger partial charge on any atom is -0.373 e. The first kappa shape index (κ1) is 20.7. The molecular formula is C19H28IN5O. The summed E-state index contributed by atoms with van der Waals surface area (Å²) in [7, 11) is 1.79. The molecular weight excluding hydrogens is 441 g/mol. The number of guanidine groups is 1. The molecule has 0 radical (unpaired) electrons. The van der Waals surface area contributed by atoms with Gasteiger partial charge in [0.2, 0.25) is 0 Å². The summed E-state index contributed by atoms with van der Waals surface area (Å²) < 4.78 is 7.70. The first-order valence-corrected chi connectivity index (χ1v) is 8.86. The van der Waals surface area contributed by atoms with E-state index in [-0.39, 0.29) is 29.6 Å². The number of para-hydroxylation sites is 1. The number of aliphatic imine (C=N–C) groups is 1. The number of nitrogens with zero attached hydrogens (tertiary/aromatic N) is 3. The molecule has 6 nitrogen and oxygen atoms in total. The van der Waals surface area contributed by atoms with Gasteiger partial charge in [0.25, 0.3) is 0 Å². The van der Waals surface area contributed by atoms with E-state index in [0.29, 0.717) is 0 Å². The van der Waals surface area contributed by atoms with E-state index in [0.717, 1.165) is 50.6 Å². The van der Waals surface area contributed by atoms with Gasteiger partial charge in [-0.25, -0.2) is 4.68 Å².